The lowest BCUT2D eigenvalue weighted by molar-refractivity contribution is -0.172. The van der Waals surface area contributed by atoms with Crippen molar-refractivity contribution in [3.05, 3.63) is 24.3 Å². The second-order valence-electron chi connectivity index (χ2n) is 3.72. The predicted octanol–water partition coefficient (Wildman–Crippen LogP) is 1.44. The fourth-order valence-corrected chi connectivity index (χ4v) is 2.81. The van der Waals surface area contributed by atoms with Crippen molar-refractivity contribution in [1.29, 1.82) is 0 Å². The van der Waals surface area contributed by atoms with E-state index in [0.29, 0.717) is 6.42 Å². The summed E-state index contributed by atoms with van der Waals surface area (Å²) in [5.41, 5.74) is 0. The summed E-state index contributed by atoms with van der Waals surface area (Å²) >= 11 is 2.18. The van der Waals surface area contributed by atoms with Crippen molar-refractivity contribution >= 4 is 34.4 Å². The van der Waals surface area contributed by atoms with Crippen LogP contribution in [-0.2, 0) is 9.59 Å². The monoisotopic (exact) mass is 319 g/mol. The van der Waals surface area contributed by atoms with E-state index in [1.165, 1.54) is 0 Å². The first kappa shape index (κ1) is 10.8. The van der Waals surface area contributed by atoms with Crippen molar-refractivity contribution in [2.75, 3.05) is 0 Å². The Balaban J connectivity index is 2.25. The number of hydroxylamine groups is 2. The Bertz CT molecular complexity index is 377. The van der Waals surface area contributed by atoms with Gasteiger partial charge in [-0.05, 0) is 6.42 Å². The van der Waals surface area contributed by atoms with Crippen LogP contribution in [0.2, 0.25) is 0 Å². The van der Waals surface area contributed by atoms with Gasteiger partial charge in [-0.25, -0.2) is 0 Å². The molecule has 0 radical (unpaired) electrons. The van der Waals surface area contributed by atoms with Gasteiger partial charge in [-0.3, -0.25) is 14.8 Å². The molecule has 0 aromatic carbocycles. The lowest BCUT2D eigenvalue weighted by atomic mass is 9.86. The standard InChI is InChI=1S/C10H10INO3/c11-10(4-2-1-3-5-10)7-6-8(13)12(15)9(7)14/h1-4,7,15H,5-6H2. The number of nitrogens with zero attached hydrogens (tertiary/aromatic N) is 1. The molecule has 0 aromatic heterocycles. The minimum Gasteiger partial charge on any atom is -0.279 e. The third kappa shape index (κ3) is 1.74. The number of hydrogen-bond donors (Lipinski definition) is 1. The Morgan fingerprint density at radius 2 is 2.20 bits per heavy atom. The van der Waals surface area contributed by atoms with E-state index in [-0.39, 0.29) is 14.9 Å². The molecule has 1 fully saturated rings. The van der Waals surface area contributed by atoms with Crippen LogP contribution in [0.25, 0.3) is 0 Å². The third-order valence-electron chi connectivity index (χ3n) is 2.75. The molecule has 0 bridgehead atoms. The van der Waals surface area contributed by atoms with Gasteiger partial charge in [-0.15, -0.1) is 0 Å². The molecule has 2 atom stereocenters. The average Bonchev–Trinajstić information content (AvgIpc) is 2.48. The summed E-state index contributed by atoms with van der Waals surface area (Å²) in [6, 6.07) is 0. The number of alkyl halides is 1. The normalized spacial score (nSPS) is 35.3. The van der Waals surface area contributed by atoms with Crippen LogP contribution in [0.4, 0.5) is 0 Å². The Labute approximate surface area is 101 Å². The molecule has 1 saturated heterocycles. The van der Waals surface area contributed by atoms with Gasteiger partial charge in [0.2, 0.25) is 0 Å². The van der Waals surface area contributed by atoms with Gasteiger partial charge in [0.05, 0.1) is 9.34 Å². The first-order valence-electron chi connectivity index (χ1n) is 4.63. The van der Waals surface area contributed by atoms with Gasteiger partial charge >= 0.3 is 0 Å². The number of hydrogen-bond acceptors (Lipinski definition) is 3. The summed E-state index contributed by atoms with van der Waals surface area (Å²) in [6.07, 6.45) is 8.47. The molecule has 80 valence electrons. The van der Waals surface area contributed by atoms with Crippen molar-refractivity contribution in [3.8, 4) is 0 Å². The Morgan fingerprint density at radius 3 is 2.67 bits per heavy atom. The first-order valence-corrected chi connectivity index (χ1v) is 5.71. The van der Waals surface area contributed by atoms with Crippen molar-refractivity contribution in [2.24, 2.45) is 5.92 Å². The van der Waals surface area contributed by atoms with Crippen LogP contribution in [0.15, 0.2) is 24.3 Å². The molecule has 2 aliphatic rings. The lowest BCUT2D eigenvalue weighted by Crippen LogP contribution is -2.36. The smallest absolute Gasteiger partial charge is 0.258 e. The molecule has 1 aliphatic heterocycles. The highest BCUT2D eigenvalue weighted by Crippen LogP contribution is 2.41. The van der Waals surface area contributed by atoms with Crippen LogP contribution in [0.1, 0.15) is 12.8 Å². The summed E-state index contributed by atoms with van der Waals surface area (Å²) in [7, 11) is 0. The maximum absolute atomic E-state index is 11.6. The SMILES string of the molecule is O=C1CC(C2(I)C=CC=CC2)C(=O)N1O. The molecule has 2 rings (SSSR count). The summed E-state index contributed by atoms with van der Waals surface area (Å²) in [5, 5.41) is 9.42. The number of imide groups is 1. The largest absolute Gasteiger partial charge is 0.279 e. The number of rotatable bonds is 1. The average molecular weight is 319 g/mol. The molecule has 2 amide bonds. The lowest BCUT2D eigenvalue weighted by Gasteiger charge is -2.28. The predicted molar refractivity (Wildman–Crippen MR) is 61.4 cm³/mol. The van der Waals surface area contributed by atoms with Gasteiger partial charge in [0, 0.05) is 6.42 Å². The first-order chi connectivity index (χ1) is 7.04. The molecule has 0 spiro atoms. The van der Waals surface area contributed by atoms with Crippen molar-refractivity contribution in [2.45, 2.75) is 16.3 Å². The van der Waals surface area contributed by atoms with Gasteiger partial charge in [0.25, 0.3) is 11.8 Å². The van der Waals surface area contributed by atoms with Gasteiger partial charge in [0.15, 0.2) is 0 Å². The van der Waals surface area contributed by atoms with Crippen molar-refractivity contribution < 1.29 is 14.8 Å². The number of carbonyl (C=O) groups excluding carboxylic acids is 2. The maximum atomic E-state index is 11.6. The summed E-state index contributed by atoms with van der Waals surface area (Å²) in [6.45, 7) is 0. The van der Waals surface area contributed by atoms with Gasteiger partial charge in [-0.2, -0.15) is 5.06 Å². The van der Waals surface area contributed by atoms with E-state index in [0.717, 1.165) is 0 Å². The molecule has 15 heavy (non-hydrogen) atoms. The van der Waals surface area contributed by atoms with Crippen LogP contribution >= 0.6 is 22.6 Å². The highest BCUT2D eigenvalue weighted by Gasteiger charge is 2.48. The van der Waals surface area contributed by atoms with E-state index < -0.39 is 17.7 Å². The Hall–Kier alpha value is -0.690. The molecular weight excluding hydrogens is 309 g/mol. The van der Waals surface area contributed by atoms with Crippen LogP contribution < -0.4 is 0 Å². The molecule has 1 aliphatic carbocycles. The van der Waals surface area contributed by atoms with Crippen molar-refractivity contribution in [1.82, 2.24) is 5.06 Å². The Kier molecular flexibility index (Phi) is 2.68. The molecule has 4 nitrogen and oxygen atoms in total. The molecule has 1 heterocycles. The zero-order valence-corrected chi connectivity index (χ0v) is 10.0. The van der Waals surface area contributed by atoms with E-state index in [4.69, 9.17) is 0 Å². The van der Waals surface area contributed by atoms with Crippen LogP contribution in [0.5, 0.6) is 0 Å². The number of halogens is 1. The van der Waals surface area contributed by atoms with E-state index in [9.17, 15) is 14.8 Å². The second kappa shape index (κ2) is 3.71. The van der Waals surface area contributed by atoms with Crippen LogP contribution in [0.3, 0.4) is 0 Å². The molecule has 5 heteroatoms. The third-order valence-corrected chi connectivity index (χ3v) is 4.30. The topological polar surface area (TPSA) is 57.6 Å². The molecule has 2 unspecified atom stereocenters. The van der Waals surface area contributed by atoms with Crippen LogP contribution in [-0.4, -0.2) is 25.5 Å². The quantitative estimate of drug-likeness (QED) is 0.344. The second-order valence-corrected chi connectivity index (χ2v) is 5.73. The maximum Gasteiger partial charge on any atom is 0.258 e. The number of amides is 2. The fourth-order valence-electron chi connectivity index (χ4n) is 1.86. The highest BCUT2D eigenvalue weighted by molar-refractivity contribution is 14.1. The summed E-state index contributed by atoms with van der Waals surface area (Å²) in [5.74, 6) is -1.45. The van der Waals surface area contributed by atoms with E-state index in [2.05, 4.69) is 22.6 Å². The Morgan fingerprint density at radius 1 is 1.47 bits per heavy atom. The minimum atomic E-state index is -0.510. The van der Waals surface area contributed by atoms with E-state index >= 15 is 0 Å². The molecule has 0 saturated carbocycles. The summed E-state index contributed by atoms with van der Waals surface area (Å²) < 4.78 is -0.378. The zero-order chi connectivity index (χ0) is 11.1. The zero-order valence-electron chi connectivity index (χ0n) is 7.89. The van der Waals surface area contributed by atoms with E-state index in [1.54, 1.807) is 0 Å². The van der Waals surface area contributed by atoms with Crippen molar-refractivity contribution in [3.63, 3.8) is 0 Å². The van der Waals surface area contributed by atoms with Gasteiger partial charge in [0.1, 0.15) is 0 Å². The number of allylic oxidation sites excluding steroid dienone is 4. The molecule has 0 aromatic rings. The van der Waals surface area contributed by atoms with Gasteiger partial charge < -0.3 is 0 Å². The van der Waals surface area contributed by atoms with Gasteiger partial charge in [-0.1, -0.05) is 46.9 Å². The summed E-state index contributed by atoms with van der Waals surface area (Å²) in [4.78, 5) is 22.8. The van der Waals surface area contributed by atoms with Crippen LogP contribution in [0, 0.1) is 5.92 Å². The van der Waals surface area contributed by atoms with E-state index in [1.807, 2.05) is 24.3 Å². The minimum absolute atomic E-state index is 0.0937. The molecule has 1 N–H and O–H groups in total. The highest BCUT2D eigenvalue weighted by atomic mass is 127. The number of carbonyl (C=O) groups is 2. The fraction of sp³-hybridized carbons (Fsp3) is 0.400. The molecular formula is C10H10INO3.